The monoisotopic (exact) mass is 397 g/mol. The number of benzene rings is 2. The third-order valence-corrected chi connectivity index (χ3v) is 5.66. The largest absolute Gasteiger partial charge is 0.416 e. The van der Waals surface area contributed by atoms with E-state index < -0.39 is 21.8 Å². The lowest BCUT2D eigenvalue weighted by Crippen LogP contribution is -2.18. The molecule has 5 nitrogen and oxygen atoms in total. The highest BCUT2D eigenvalue weighted by Crippen LogP contribution is 2.32. The molecule has 0 bridgehead atoms. The van der Waals surface area contributed by atoms with Crippen molar-refractivity contribution in [2.45, 2.75) is 30.8 Å². The van der Waals surface area contributed by atoms with E-state index in [9.17, 15) is 21.6 Å². The average Bonchev–Trinajstić information content (AvgIpc) is 3.00. The van der Waals surface area contributed by atoms with Crippen LogP contribution in [-0.2, 0) is 16.2 Å². The van der Waals surface area contributed by atoms with E-state index in [2.05, 4.69) is 9.82 Å². The molecule has 27 heavy (non-hydrogen) atoms. The van der Waals surface area contributed by atoms with Gasteiger partial charge < -0.3 is 0 Å². The molecule has 0 amide bonds. The molecule has 144 valence electrons. The Labute approximate surface area is 154 Å². The first-order chi connectivity index (χ1) is 12.5. The molecule has 0 fully saturated rings. The molecular formula is C18H18F3N3O2S. The molecule has 0 saturated carbocycles. The second kappa shape index (κ2) is 6.65. The van der Waals surface area contributed by atoms with Gasteiger partial charge >= 0.3 is 6.18 Å². The van der Waals surface area contributed by atoms with E-state index in [4.69, 9.17) is 0 Å². The normalized spacial score (nSPS) is 12.9. The third-order valence-electron chi connectivity index (χ3n) is 4.24. The summed E-state index contributed by atoms with van der Waals surface area (Å²) in [6, 6.07) is 9.27. The molecule has 9 heteroatoms. The van der Waals surface area contributed by atoms with Gasteiger partial charge in [-0.05, 0) is 55.4 Å². The zero-order valence-electron chi connectivity index (χ0n) is 14.9. The van der Waals surface area contributed by atoms with E-state index in [1.807, 2.05) is 13.8 Å². The first-order valence-electron chi connectivity index (χ1n) is 8.18. The van der Waals surface area contributed by atoms with Crippen molar-refractivity contribution in [1.29, 1.82) is 0 Å². The maximum atomic E-state index is 12.8. The topological polar surface area (TPSA) is 64.0 Å². The summed E-state index contributed by atoms with van der Waals surface area (Å²) < 4.78 is 66.3. The van der Waals surface area contributed by atoms with Crippen molar-refractivity contribution in [3.8, 4) is 5.69 Å². The van der Waals surface area contributed by atoms with Crippen LogP contribution < -0.4 is 4.72 Å². The second-order valence-corrected chi connectivity index (χ2v) is 8.27. The Hall–Kier alpha value is -2.39. The van der Waals surface area contributed by atoms with Crippen molar-refractivity contribution in [2.75, 3.05) is 7.05 Å². The fraction of sp³-hybridized carbons (Fsp3) is 0.278. The highest BCUT2D eigenvalue weighted by Gasteiger charge is 2.30. The Balaban J connectivity index is 2.20. The predicted molar refractivity (Wildman–Crippen MR) is 96.4 cm³/mol. The van der Waals surface area contributed by atoms with Crippen molar-refractivity contribution < 1.29 is 21.6 Å². The number of aromatic nitrogens is 2. The van der Waals surface area contributed by atoms with Crippen molar-refractivity contribution >= 4 is 20.9 Å². The molecule has 0 saturated heterocycles. The van der Waals surface area contributed by atoms with Gasteiger partial charge in [0.05, 0.1) is 27.4 Å². The SMILES string of the molecule is CNS(=O)(=O)c1ccc2c(c1)c(C(C)C)nn2-c1ccc(C(F)(F)F)cc1. The number of halogens is 3. The van der Waals surface area contributed by atoms with Gasteiger partial charge in [-0.15, -0.1) is 0 Å². The summed E-state index contributed by atoms with van der Waals surface area (Å²) in [5.74, 6) is -0.00395. The molecule has 0 radical (unpaired) electrons. The Bertz CT molecular complexity index is 1090. The number of hydrogen-bond donors (Lipinski definition) is 1. The van der Waals surface area contributed by atoms with E-state index in [1.54, 1.807) is 6.07 Å². The van der Waals surface area contributed by atoms with Gasteiger partial charge in [0.1, 0.15) is 0 Å². The summed E-state index contributed by atoms with van der Waals surface area (Å²) in [6.07, 6.45) is -4.41. The van der Waals surface area contributed by atoms with Gasteiger partial charge in [0.15, 0.2) is 0 Å². The maximum absolute atomic E-state index is 12.8. The summed E-state index contributed by atoms with van der Waals surface area (Å²) in [7, 11) is -2.29. The Kier molecular flexibility index (Phi) is 4.77. The minimum absolute atomic E-state index is 0.00395. The fourth-order valence-electron chi connectivity index (χ4n) is 2.82. The molecular weight excluding hydrogens is 379 g/mol. The number of sulfonamides is 1. The lowest BCUT2D eigenvalue weighted by atomic mass is 10.1. The Morgan fingerprint density at radius 3 is 2.22 bits per heavy atom. The predicted octanol–water partition coefficient (Wildman–Crippen LogP) is 4.08. The smallest absolute Gasteiger partial charge is 0.233 e. The number of rotatable bonds is 4. The number of fused-ring (bicyclic) bond motifs is 1. The lowest BCUT2D eigenvalue weighted by Gasteiger charge is -2.08. The van der Waals surface area contributed by atoms with Crippen molar-refractivity contribution in [1.82, 2.24) is 14.5 Å². The molecule has 0 aliphatic rings. The van der Waals surface area contributed by atoms with Gasteiger partial charge in [-0.3, -0.25) is 0 Å². The molecule has 2 aromatic carbocycles. The van der Waals surface area contributed by atoms with E-state index in [1.165, 1.54) is 36.0 Å². The van der Waals surface area contributed by atoms with Gasteiger partial charge in [0.25, 0.3) is 0 Å². The highest BCUT2D eigenvalue weighted by atomic mass is 32.2. The molecule has 0 aliphatic heterocycles. The minimum atomic E-state index is -4.41. The quantitative estimate of drug-likeness (QED) is 0.722. The van der Waals surface area contributed by atoms with Crippen molar-refractivity contribution in [3.63, 3.8) is 0 Å². The van der Waals surface area contributed by atoms with Crippen LogP contribution in [0.1, 0.15) is 31.0 Å². The fourth-order valence-corrected chi connectivity index (χ4v) is 3.58. The summed E-state index contributed by atoms with van der Waals surface area (Å²) in [4.78, 5) is 0.103. The number of hydrogen-bond acceptors (Lipinski definition) is 3. The molecule has 3 aromatic rings. The van der Waals surface area contributed by atoms with Crippen LogP contribution >= 0.6 is 0 Å². The van der Waals surface area contributed by atoms with Crippen LogP contribution in [0.15, 0.2) is 47.4 Å². The van der Waals surface area contributed by atoms with Crippen molar-refractivity contribution in [2.24, 2.45) is 0 Å². The zero-order chi connectivity index (χ0) is 20.0. The standard InChI is InChI=1S/C18H18F3N3O2S/c1-11(2)17-15-10-14(27(25,26)22-3)8-9-16(15)24(23-17)13-6-4-12(5-7-13)18(19,20)21/h4-11,22H,1-3H3. The van der Waals surface area contributed by atoms with Crippen LogP contribution in [0.2, 0.25) is 0 Å². The molecule has 1 aromatic heterocycles. The van der Waals surface area contributed by atoms with Crippen LogP contribution in [0.3, 0.4) is 0 Å². The van der Waals surface area contributed by atoms with Crippen LogP contribution in [0.5, 0.6) is 0 Å². The lowest BCUT2D eigenvalue weighted by molar-refractivity contribution is -0.137. The first-order valence-corrected chi connectivity index (χ1v) is 9.67. The summed E-state index contributed by atoms with van der Waals surface area (Å²) in [5, 5.41) is 5.16. The first kappa shape index (κ1) is 19.4. The minimum Gasteiger partial charge on any atom is -0.233 e. The van der Waals surface area contributed by atoms with Crippen molar-refractivity contribution in [3.05, 3.63) is 53.7 Å². The highest BCUT2D eigenvalue weighted by molar-refractivity contribution is 7.89. The van der Waals surface area contributed by atoms with E-state index in [0.717, 1.165) is 12.1 Å². The molecule has 0 aliphatic carbocycles. The zero-order valence-corrected chi connectivity index (χ0v) is 15.7. The van der Waals surface area contributed by atoms with Crippen LogP contribution in [0.4, 0.5) is 13.2 Å². The van der Waals surface area contributed by atoms with E-state index >= 15 is 0 Å². The van der Waals surface area contributed by atoms with E-state index in [-0.39, 0.29) is 10.8 Å². The Morgan fingerprint density at radius 2 is 1.70 bits per heavy atom. The molecule has 0 spiro atoms. The third kappa shape index (κ3) is 3.57. The molecule has 3 rings (SSSR count). The second-order valence-electron chi connectivity index (χ2n) is 6.38. The average molecular weight is 397 g/mol. The molecule has 1 N–H and O–H groups in total. The maximum Gasteiger partial charge on any atom is 0.416 e. The number of alkyl halides is 3. The van der Waals surface area contributed by atoms with Gasteiger partial charge in [0, 0.05) is 5.39 Å². The Morgan fingerprint density at radius 1 is 1.07 bits per heavy atom. The van der Waals surface area contributed by atoms with Gasteiger partial charge in [-0.25, -0.2) is 17.8 Å². The summed E-state index contributed by atoms with van der Waals surface area (Å²) in [5.41, 5.74) is 1.00. The number of nitrogens with zero attached hydrogens (tertiary/aromatic N) is 2. The molecule has 0 unspecified atom stereocenters. The van der Waals surface area contributed by atoms with Gasteiger partial charge in [-0.1, -0.05) is 13.8 Å². The molecule has 0 atom stereocenters. The molecule has 1 heterocycles. The van der Waals surface area contributed by atoms with Crippen LogP contribution in [0.25, 0.3) is 16.6 Å². The summed E-state index contributed by atoms with van der Waals surface area (Å²) in [6.45, 7) is 3.83. The van der Waals surface area contributed by atoms with Crippen LogP contribution in [-0.4, -0.2) is 25.2 Å². The van der Waals surface area contributed by atoms with Crippen LogP contribution in [0, 0.1) is 0 Å². The van der Waals surface area contributed by atoms with E-state index in [0.29, 0.717) is 22.3 Å². The van der Waals surface area contributed by atoms with Gasteiger partial charge in [-0.2, -0.15) is 18.3 Å². The number of nitrogens with one attached hydrogen (secondary N) is 1. The van der Waals surface area contributed by atoms with Gasteiger partial charge in [0.2, 0.25) is 10.0 Å². The summed E-state index contributed by atoms with van der Waals surface area (Å²) >= 11 is 0.